The molecule has 2 aromatic carbocycles. The molecule has 0 fully saturated rings. The van der Waals surface area contributed by atoms with Crippen molar-refractivity contribution in [1.82, 2.24) is 14.8 Å². The average molecular weight is 862 g/mol. The van der Waals surface area contributed by atoms with Crippen LogP contribution in [0.25, 0.3) is 11.1 Å². The Morgan fingerprint density at radius 3 is 1.95 bits per heavy atom. The Balaban J connectivity index is 2.45. The van der Waals surface area contributed by atoms with Crippen LogP contribution in [0, 0.1) is 48.7 Å². The van der Waals surface area contributed by atoms with Crippen molar-refractivity contribution < 1.29 is 40.7 Å². The van der Waals surface area contributed by atoms with E-state index in [0.29, 0.717) is 17.2 Å². The second kappa shape index (κ2) is 20.5. The first kappa shape index (κ1) is 50.0. The van der Waals surface area contributed by atoms with E-state index in [2.05, 4.69) is 58.3 Å². The van der Waals surface area contributed by atoms with Gasteiger partial charge in [-0.3, -0.25) is 14.4 Å². The predicted molar refractivity (Wildman–Crippen MR) is 228 cm³/mol. The highest BCUT2D eigenvalue weighted by atomic mass is 28.3. The van der Waals surface area contributed by atoms with Gasteiger partial charge in [-0.2, -0.15) is 13.2 Å². The number of likely N-dealkylation sites (N-methyl/N-ethyl adjacent to an activating group) is 1. The van der Waals surface area contributed by atoms with Crippen LogP contribution in [0.1, 0.15) is 121 Å². The van der Waals surface area contributed by atoms with Gasteiger partial charge in [-0.1, -0.05) is 61.3 Å². The number of ether oxygens (including phenoxy) is 1. The molecule has 1 aromatic heterocycles. The summed E-state index contributed by atoms with van der Waals surface area (Å²) in [4.78, 5) is 42.9. The van der Waals surface area contributed by atoms with Crippen LogP contribution < -0.4 is 10.9 Å². The summed E-state index contributed by atoms with van der Waals surface area (Å²) in [6, 6.07) is 0.968. The fourth-order valence-corrected chi connectivity index (χ4v) is 13.7. The number of carbonyl (C=O) groups excluding carboxylic acids is 2. The molecule has 3 aromatic rings. The van der Waals surface area contributed by atoms with Crippen molar-refractivity contribution in [3.05, 3.63) is 91.6 Å². The van der Waals surface area contributed by atoms with Crippen molar-refractivity contribution in [3.8, 4) is 22.6 Å². The maximum absolute atomic E-state index is 17.4. The predicted octanol–water partition coefficient (Wildman–Crippen LogP) is 10.6. The van der Waals surface area contributed by atoms with Gasteiger partial charge in [-0.25, -0.2) is 13.2 Å². The number of aryl methyl sites for hydroxylation is 2. The first-order chi connectivity index (χ1) is 27.8. The summed E-state index contributed by atoms with van der Waals surface area (Å²) >= 11 is 0. The molecule has 2 atom stereocenters. The van der Waals surface area contributed by atoms with Gasteiger partial charge in [-0.05, 0) is 111 Å². The zero-order chi connectivity index (χ0) is 45.6. The van der Waals surface area contributed by atoms with Gasteiger partial charge >= 0.3 is 12.1 Å². The van der Waals surface area contributed by atoms with Gasteiger partial charge in [0.1, 0.15) is 31.6 Å². The van der Waals surface area contributed by atoms with Crippen LogP contribution in [-0.4, -0.2) is 56.7 Å². The Kier molecular flexibility index (Phi) is 17.1. The van der Waals surface area contributed by atoms with Crippen LogP contribution in [0.4, 0.5) is 26.3 Å². The number of hydrogen-bond donors (Lipinski definition) is 1. The standard InChI is InChI=1S/C46H61F6N3O4Si/c1-14-59-40(57)24-37(53-45(58)38(19-26(2)3)55-25-33(15-17-54(12)13)36(23-39(55)56)46(50,51)52)42-43(48)32(16-18-60(27(4)5,28(6)7)29(8)9)22-35(44(42)49)41-30(10)20-34(47)21-31(41)11/h20-23,25-29,37-38H,14-15,17,19,24H2,1-13H3,(H,53,58). The lowest BCUT2D eigenvalue weighted by molar-refractivity contribution is -0.144. The van der Waals surface area contributed by atoms with Crippen LogP contribution in [0.5, 0.6) is 0 Å². The lowest BCUT2D eigenvalue weighted by Crippen LogP contribution is -2.43. The van der Waals surface area contributed by atoms with Crippen LogP contribution in [0.15, 0.2) is 35.3 Å². The van der Waals surface area contributed by atoms with Gasteiger partial charge in [0.15, 0.2) is 0 Å². The van der Waals surface area contributed by atoms with E-state index in [0.717, 1.165) is 10.8 Å². The molecular weight excluding hydrogens is 801 g/mol. The van der Waals surface area contributed by atoms with E-state index in [1.165, 1.54) is 18.2 Å². The van der Waals surface area contributed by atoms with Crippen molar-refractivity contribution in [1.29, 1.82) is 0 Å². The van der Waals surface area contributed by atoms with Crippen molar-refractivity contribution in [2.75, 3.05) is 27.2 Å². The van der Waals surface area contributed by atoms with E-state index in [1.807, 2.05) is 0 Å². The minimum absolute atomic E-state index is 0.0572. The van der Waals surface area contributed by atoms with Gasteiger partial charge < -0.3 is 19.5 Å². The summed E-state index contributed by atoms with van der Waals surface area (Å²) in [7, 11) is 0.858. The summed E-state index contributed by atoms with van der Waals surface area (Å²) in [5.41, 5.74) is 1.37. The fraction of sp³-hybridized carbons (Fsp3) is 0.543. The molecule has 330 valence electrons. The van der Waals surface area contributed by atoms with Crippen molar-refractivity contribution in [2.24, 2.45) is 5.92 Å². The molecule has 3 rings (SSSR count). The Morgan fingerprint density at radius 2 is 1.47 bits per heavy atom. The first-order valence-corrected chi connectivity index (χ1v) is 22.8. The highest BCUT2D eigenvalue weighted by Gasteiger charge is 2.42. The van der Waals surface area contributed by atoms with Crippen LogP contribution >= 0.6 is 0 Å². The second-order valence-corrected chi connectivity index (χ2v) is 22.9. The topological polar surface area (TPSA) is 80.6 Å². The third-order valence-corrected chi connectivity index (χ3v) is 17.5. The molecule has 60 heavy (non-hydrogen) atoms. The molecule has 2 unspecified atom stereocenters. The van der Waals surface area contributed by atoms with Gasteiger partial charge in [0, 0.05) is 29.9 Å². The fourth-order valence-electron chi connectivity index (χ4n) is 8.50. The summed E-state index contributed by atoms with van der Waals surface area (Å²) in [5, 5.41) is 2.61. The number of halogens is 6. The third kappa shape index (κ3) is 11.5. The first-order valence-electron chi connectivity index (χ1n) is 20.5. The SMILES string of the molecule is CCOC(=O)CC(NC(=O)C(CC(C)C)n1cc(CCN(C)C)c(C(F)(F)F)cc1=O)c1c(F)c(C#C[Si](C(C)C)(C(C)C)C(C)C)cc(-c2c(C)cc(F)cc2C)c1F. The van der Waals surface area contributed by atoms with E-state index < -0.39 is 78.8 Å². The normalized spacial score (nSPS) is 13.3. The Morgan fingerprint density at radius 1 is 0.900 bits per heavy atom. The summed E-state index contributed by atoms with van der Waals surface area (Å²) in [5.74, 6) is -1.93. The molecule has 1 heterocycles. The van der Waals surface area contributed by atoms with Gasteiger partial charge in [-0.15, -0.1) is 5.54 Å². The maximum atomic E-state index is 17.4. The minimum atomic E-state index is -4.86. The zero-order valence-corrected chi connectivity index (χ0v) is 38.2. The Hall–Kier alpha value is -4.35. The molecule has 0 aliphatic rings. The number of amides is 1. The van der Waals surface area contributed by atoms with E-state index in [1.54, 1.807) is 53.6 Å². The van der Waals surface area contributed by atoms with Crippen molar-refractivity contribution in [2.45, 2.75) is 130 Å². The molecular formula is C46H61F6N3O4Si. The molecule has 0 aliphatic heterocycles. The second-order valence-electron chi connectivity index (χ2n) is 17.3. The number of benzene rings is 2. The molecule has 0 bridgehead atoms. The van der Waals surface area contributed by atoms with E-state index in [4.69, 9.17) is 4.74 Å². The number of alkyl halides is 3. The van der Waals surface area contributed by atoms with Gasteiger partial charge in [0.25, 0.3) is 5.56 Å². The molecule has 14 heteroatoms. The molecule has 0 aliphatic carbocycles. The third-order valence-electron chi connectivity index (χ3n) is 11.3. The lowest BCUT2D eigenvalue weighted by atomic mass is 9.89. The Bertz CT molecular complexity index is 2110. The number of hydrogen-bond acceptors (Lipinski definition) is 5. The Labute approximate surface area is 352 Å². The molecule has 0 radical (unpaired) electrons. The number of pyridine rings is 1. The largest absolute Gasteiger partial charge is 0.466 e. The average Bonchev–Trinajstić information content (AvgIpc) is 3.10. The lowest BCUT2D eigenvalue weighted by Gasteiger charge is -2.38. The van der Waals surface area contributed by atoms with E-state index in [-0.39, 0.29) is 70.8 Å². The van der Waals surface area contributed by atoms with E-state index in [9.17, 15) is 31.9 Å². The van der Waals surface area contributed by atoms with Crippen LogP contribution in [-0.2, 0) is 26.9 Å². The van der Waals surface area contributed by atoms with Crippen molar-refractivity contribution >= 4 is 20.0 Å². The smallest absolute Gasteiger partial charge is 0.416 e. The van der Waals surface area contributed by atoms with Gasteiger partial charge in [0.2, 0.25) is 5.91 Å². The maximum Gasteiger partial charge on any atom is 0.416 e. The highest BCUT2D eigenvalue weighted by molar-refractivity contribution is 6.90. The van der Waals surface area contributed by atoms with E-state index >= 15 is 8.78 Å². The summed E-state index contributed by atoms with van der Waals surface area (Å²) < 4.78 is 97.9. The summed E-state index contributed by atoms with van der Waals surface area (Å²) in [6.45, 7) is 20.8. The number of aromatic nitrogens is 1. The molecule has 1 amide bonds. The molecule has 7 nitrogen and oxygen atoms in total. The number of carbonyl (C=O) groups is 2. The molecule has 1 N–H and O–H groups in total. The van der Waals surface area contributed by atoms with Crippen LogP contribution in [0.2, 0.25) is 16.6 Å². The number of rotatable bonds is 16. The molecule has 0 spiro atoms. The highest BCUT2D eigenvalue weighted by Crippen LogP contribution is 2.42. The molecule has 0 saturated carbocycles. The number of nitrogens with zero attached hydrogens (tertiary/aromatic N) is 2. The quantitative estimate of drug-likeness (QED) is 0.0672. The summed E-state index contributed by atoms with van der Waals surface area (Å²) in [6.07, 6.45) is -4.75. The monoisotopic (exact) mass is 861 g/mol. The van der Waals surface area contributed by atoms with Crippen LogP contribution in [0.3, 0.4) is 0 Å². The van der Waals surface area contributed by atoms with Crippen molar-refractivity contribution in [3.63, 3.8) is 0 Å². The minimum Gasteiger partial charge on any atom is -0.466 e. The number of nitrogens with one attached hydrogen (secondary N) is 1. The zero-order valence-electron chi connectivity index (χ0n) is 37.2. The number of esters is 1. The van der Waals surface area contributed by atoms with Gasteiger partial charge in [0.05, 0.1) is 30.2 Å². The molecule has 0 saturated heterocycles.